The highest BCUT2D eigenvalue weighted by molar-refractivity contribution is 5.87. The summed E-state index contributed by atoms with van der Waals surface area (Å²) >= 11 is 0. The maximum Gasteiger partial charge on any atom is 0.337 e. The second-order valence-corrected chi connectivity index (χ2v) is 4.56. The van der Waals surface area contributed by atoms with E-state index in [-0.39, 0.29) is 5.56 Å². The molecule has 0 amide bonds. The number of methoxy groups -OCH3 is 2. The zero-order valence-corrected chi connectivity index (χ0v) is 12.0. The molecule has 0 atom stereocenters. The van der Waals surface area contributed by atoms with Crippen LogP contribution in [0.5, 0.6) is 11.5 Å². The van der Waals surface area contributed by atoms with Crippen molar-refractivity contribution in [1.29, 1.82) is 0 Å². The van der Waals surface area contributed by atoms with Gasteiger partial charge in [0.05, 0.1) is 19.8 Å². The van der Waals surface area contributed by atoms with Crippen LogP contribution in [-0.2, 0) is 0 Å². The lowest BCUT2D eigenvalue weighted by atomic mass is 10.2. The monoisotopic (exact) mass is 299 g/mol. The highest BCUT2D eigenvalue weighted by Gasteiger charge is 2.11. The molecule has 0 saturated heterocycles. The SMILES string of the molecule is COc1cc(OC)cc(-c2nc3ccc(C(=O)O)cn3n2)c1. The summed E-state index contributed by atoms with van der Waals surface area (Å²) in [6.45, 7) is 0. The van der Waals surface area contributed by atoms with Crippen molar-refractivity contribution in [2.24, 2.45) is 0 Å². The first-order valence-electron chi connectivity index (χ1n) is 6.44. The van der Waals surface area contributed by atoms with E-state index in [4.69, 9.17) is 14.6 Å². The van der Waals surface area contributed by atoms with Crippen molar-refractivity contribution in [1.82, 2.24) is 14.6 Å². The molecule has 22 heavy (non-hydrogen) atoms. The van der Waals surface area contributed by atoms with Crippen LogP contribution in [0.3, 0.4) is 0 Å². The Morgan fingerprint density at radius 3 is 2.41 bits per heavy atom. The number of hydrogen-bond donors (Lipinski definition) is 1. The summed E-state index contributed by atoms with van der Waals surface area (Å²) in [5.74, 6) is 0.695. The first-order chi connectivity index (χ1) is 10.6. The molecular formula is C15H13N3O4. The lowest BCUT2D eigenvalue weighted by Gasteiger charge is -2.05. The van der Waals surface area contributed by atoms with Crippen LogP contribution in [0, 0.1) is 0 Å². The standard InChI is InChI=1S/C15H13N3O4/c1-21-11-5-10(6-12(7-11)22-2)14-16-13-4-3-9(15(19)20)8-18(13)17-14/h3-8H,1-2H3,(H,19,20). The molecule has 0 unspecified atom stereocenters. The largest absolute Gasteiger partial charge is 0.497 e. The smallest absolute Gasteiger partial charge is 0.337 e. The molecule has 0 bridgehead atoms. The van der Waals surface area contributed by atoms with Gasteiger partial charge in [-0.1, -0.05) is 0 Å². The van der Waals surface area contributed by atoms with E-state index in [1.165, 1.54) is 16.8 Å². The number of aromatic carboxylic acids is 1. The maximum absolute atomic E-state index is 11.0. The van der Waals surface area contributed by atoms with Gasteiger partial charge in [-0.05, 0) is 24.3 Å². The lowest BCUT2D eigenvalue weighted by molar-refractivity contribution is 0.0696. The van der Waals surface area contributed by atoms with Crippen LogP contribution in [0.1, 0.15) is 10.4 Å². The Morgan fingerprint density at radius 2 is 1.82 bits per heavy atom. The molecule has 112 valence electrons. The number of carbonyl (C=O) groups is 1. The van der Waals surface area contributed by atoms with Crippen LogP contribution in [0.25, 0.3) is 17.0 Å². The van der Waals surface area contributed by atoms with Crippen molar-refractivity contribution in [2.45, 2.75) is 0 Å². The summed E-state index contributed by atoms with van der Waals surface area (Å²) in [5, 5.41) is 13.3. The van der Waals surface area contributed by atoms with Crippen molar-refractivity contribution in [3.63, 3.8) is 0 Å². The Morgan fingerprint density at radius 1 is 1.14 bits per heavy atom. The molecule has 0 aliphatic heterocycles. The van der Waals surface area contributed by atoms with Gasteiger partial charge in [0.1, 0.15) is 11.5 Å². The first-order valence-corrected chi connectivity index (χ1v) is 6.44. The molecule has 1 aromatic carbocycles. The van der Waals surface area contributed by atoms with Crippen LogP contribution >= 0.6 is 0 Å². The molecule has 0 saturated carbocycles. The van der Waals surface area contributed by atoms with E-state index in [1.54, 1.807) is 38.5 Å². The molecule has 0 fully saturated rings. The summed E-state index contributed by atoms with van der Waals surface area (Å²) in [6.07, 6.45) is 1.42. The van der Waals surface area contributed by atoms with Gasteiger partial charge in [0.25, 0.3) is 0 Å². The van der Waals surface area contributed by atoms with E-state index >= 15 is 0 Å². The minimum absolute atomic E-state index is 0.146. The summed E-state index contributed by atoms with van der Waals surface area (Å²) in [6, 6.07) is 8.42. The zero-order valence-electron chi connectivity index (χ0n) is 12.0. The summed E-state index contributed by atoms with van der Waals surface area (Å²) in [5.41, 5.74) is 1.42. The summed E-state index contributed by atoms with van der Waals surface area (Å²) in [7, 11) is 3.13. The van der Waals surface area contributed by atoms with E-state index in [0.717, 1.165) is 5.56 Å². The topological polar surface area (TPSA) is 86.0 Å². The molecule has 3 aromatic rings. The molecule has 2 heterocycles. The van der Waals surface area contributed by atoms with Gasteiger partial charge >= 0.3 is 5.97 Å². The number of aromatic nitrogens is 3. The van der Waals surface area contributed by atoms with Crippen LogP contribution in [-0.4, -0.2) is 39.9 Å². The molecule has 7 heteroatoms. The number of pyridine rings is 1. The van der Waals surface area contributed by atoms with Gasteiger partial charge in [-0.2, -0.15) is 0 Å². The molecule has 0 spiro atoms. The van der Waals surface area contributed by atoms with Crippen LogP contribution in [0.4, 0.5) is 0 Å². The van der Waals surface area contributed by atoms with Crippen molar-refractivity contribution in [3.8, 4) is 22.9 Å². The number of carboxylic acid groups (broad SMARTS) is 1. The Kier molecular flexibility index (Phi) is 3.38. The first kappa shape index (κ1) is 13.9. The number of ether oxygens (including phenoxy) is 2. The van der Waals surface area contributed by atoms with Gasteiger partial charge in [-0.25, -0.2) is 14.3 Å². The van der Waals surface area contributed by atoms with Gasteiger partial charge in [0, 0.05) is 17.8 Å². The minimum atomic E-state index is -1.01. The highest BCUT2D eigenvalue weighted by Crippen LogP contribution is 2.28. The number of rotatable bonds is 4. The lowest BCUT2D eigenvalue weighted by Crippen LogP contribution is -1.99. The second kappa shape index (κ2) is 5.36. The number of nitrogens with zero attached hydrogens (tertiary/aromatic N) is 3. The van der Waals surface area contributed by atoms with Crippen molar-refractivity contribution in [2.75, 3.05) is 14.2 Å². The highest BCUT2D eigenvalue weighted by atomic mass is 16.5. The number of benzene rings is 1. The van der Waals surface area contributed by atoms with Crippen LogP contribution in [0.2, 0.25) is 0 Å². The molecule has 0 aliphatic carbocycles. The molecule has 1 N–H and O–H groups in total. The number of hydrogen-bond acceptors (Lipinski definition) is 5. The fraction of sp³-hybridized carbons (Fsp3) is 0.133. The molecule has 2 aromatic heterocycles. The predicted molar refractivity (Wildman–Crippen MR) is 78.5 cm³/mol. The third-order valence-electron chi connectivity index (χ3n) is 3.19. The van der Waals surface area contributed by atoms with Crippen molar-refractivity contribution in [3.05, 3.63) is 42.1 Å². The molecule has 0 radical (unpaired) electrons. The number of carboxylic acids is 1. The van der Waals surface area contributed by atoms with Gasteiger partial charge in [-0.15, -0.1) is 5.10 Å². The van der Waals surface area contributed by atoms with Gasteiger partial charge < -0.3 is 14.6 Å². The Labute approximate surface area is 125 Å². The maximum atomic E-state index is 11.0. The Hall–Kier alpha value is -3.09. The van der Waals surface area contributed by atoms with E-state index in [1.807, 2.05) is 0 Å². The van der Waals surface area contributed by atoms with Gasteiger partial charge in [0.2, 0.25) is 0 Å². The Balaban J connectivity index is 2.11. The third kappa shape index (κ3) is 2.44. The third-order valence-corrected chi connectivity index (χ3v) is 3.19. The molecule has 7 nitrogen and oxygen atoms in total. The second-order valence-electron chi connectivity index (χ2n) is 4.56. The van der Waals surface area contributed by atoms with E-state index in [9.17, 15) is 4.79 Å². The van der Waals surface area contributed by atoms with Gasteiger partial charge in [0.15, 0.2) is 11.5 Å². The quantitative estimate of drug-likeness (QED) is 0.794. The van der Waals surface area contributed by atoms with Crippen molar-refractivity contribution < 1.29 is 19.4 Å². The summed E-state index contributed by atoms with van der Waals surface area (Å²) in [4.78, 5) is 15.4. The minimum Gasteiger partial charge on any atom is -0.497 e. The van der Waals surface area contributed by atoms with E-state index in [0.29, 0.717) is 23.0 Å². The zero-order chi connectivity index (χ0) is 15.7. The average Bonchev–Trinajstić information content (AvgIpc) is 2.97. The van der Waals surface area contributed by atoms with Crippen LogP contribution in [0.15, 0.2) is 36.5 Å². The predicted octanol–water partition coefficient (Wildman–Crippen LogP) is 2.11. The fourth-order valence-electron chi connectivity index (χ4n) is 2.07. The molecule has 3 rings (SSSR count). The number of fused-ring (bicyclic) bond motifs is 1. The summed E-state index contributed by atoms with van der Waals surface area (Å²) < 4.78 is 11.9. The van der Waals surface area contributed by atoms with Crippen LogP contribution < -0.4 is 9.47 Å². The van der Waals surface area contributed by atoms with Crippen molar-refractivity contribution >= 4 is 11.6 Å². The molecule has 0 aliphatic rings. The fourth-order valence-corrected chi connectivity index (χ4v) is 2.07. The average molecular weight is 299 g/mol. The van der Waals surface area contributed by atoms with E-state index < -0.39 is 5.97 Å². The van der Waals surface area contributed by atoms with E-state index in [2.05, 4.69) is 10.1 Å². The normalized spacial score (nSPS) is 10.6. The molecular weight excluding hydrogens is 286 g/mol. The van der Waals surface area contributed by atoms with Gasteiger partial charge in [-0.3, -0.25) is 0 Å². The Bertz CT molecular complexity index is 835.